The lowest BCUT2D eigenvalue weighted by Crippen LogP contribution is -2.17. The van der Waals surface area contributed by atoms with E-state index in [4.69, 9.17) is 16.6 Å². The molecule has 5 N–H and O–H groups in total. The van der Waals surface area contributed by atoms with Crippen LogP contribution in [0, 0.1) is 17.8 Å². The minimum absolute atomic E-state index is 0.213. The zero-order valence-electron chi connectivity index (χ0n) is 5.86. The van der Waals surface area contributed by atoms with Gasteiger partial charge >= 0.3 is 5.97 Å². The SMILES string of the molecule is NC[C@@H]1[C@@H](C(=O)O)[C@H]1C(N)=O. The van der Waals surface area contributed by atoms with Crippen molar-refractivity contribution in [1.29, 1.82) is 0 Å². The highest BCUT2D eigenvalue weighted by molar-refractivity contribution is 5.89. The van der Waals surface area contributed by atoms with Gasteiger partial charge in [0.15, 0.2) is 0 Å². The number of nitrogens with two attached hydrogens (primary N) is 2. The zero-order valence-corrected chi connectivity index (χ0v) is 5.86. The van der Waals surface area contributed by atoms with E-state index in [2.05, 4.69) is 0 Å². The Morgan fingerprint density at radius 1 is 1.36 bits per heavy atom. The van der Waals surface area contributed by atoms with Crippen LogP contribution in [0.25, 0.3) is 0 Å². The molecule has 0 aromatic heterocycles. The molecule has 1 aliphatic rings. The number of carbonyl (C=O) groups excluding carboxylic acids is 1. The van der Waals surface area contributed by atoms with Gasteiger partial charge in [-0.1, -0.05) is 0 Å². The van der Waals surface area contributed by atoms with Crippen molar-refractivity contribution in [3.05, 3.63) is 0 Å². The lowest BCUT2D eigenvalue weighted by molar-refractivity contribution is -0.140. The third-order valence-corrected chi connectivity index (χ3v) is 2.05. The predicted molar refractivity (Wildman–Crippen MR) is 36.4 cm³/mol. The molecule has 5 nitrogen and oxygen atoms in total. The number of hydrogen-bond donors (Lipinski definition) is 3. The van der Waals surface area contributed by atoms with Crippen LogP contribution in [0.2, 0.25) is 0 Å². The molecular formula is C6H10N2O3. The lowest BCUT2D eigenvalue weighted by atomic mass is 10.3. The maximum atomic E-state index is 10.5. The fourth-order valence-corrected chi connectivity index (χ4v) is 1.39. The number of carbonyl (C=O) groups is 2. The van der Waals surface area contributed by atoms with Crippen LogP contribution in [0.5, 0.6) is 0 Å². The second kappa shape index (κ2) is 2.50. The summed E-state index contributed by atoms with van der Waals surface area (Å²) in [7, 11) is 0. The van der Waals surface area contributed by atoms with Gasteiger partial charge in [-0.2, -0.15) is 0 Å². The van der Waals surface area contributed by atoms with Crippen molar-refractivity contribution >= 4 is 11.9 Å². The van der Waals surface area contributed by atoms with Crippen molar-refractivity contribution in [2.45, 2.75) is 0 Å². The number of primary amides is 1. The molecule has 5 heteroatoms. The smallest absolute Gasteiger partial charge is 0.307 e. The molecule has 0 bridgehead atoms. The first-order chi connectivity index (χ1) is 5.09. The van der Waals surface area contributed by atoms with Gasteiger partial charge in [0.2, 0.25) is 5.91 Å². The summed E-state index contributed by atoms with van der Waals surface area (Å²) < 4.78 is 0. The quantitative estimate of drug-likeness (QED) is 0.458. The minimum atomic E-state index is -0.982. The van der Waals surface area contributed by atoms with Crippen LogP contribution in [0.4, 0.5) is 0 Å². The Morgan fingerprint density at radius 2 is 1.91 bits per heavy atom. The molecule has 1 fully saturated rings. The summed E-state index contributed by atoms with van der Waals surface area (Å²) in [6.07, 6.45) is 0. The van der Waals surface area contributed by atoms with Gasteiger partial charge in [0.1, 0.15) is 0 Å². The van der Waals surface area contributed by atoms with E-state index in [1.807, 2.05) is 0 Å². The molecule has 11 heavy (non-hydrogen) atoms. The van der Waals surface area contributed by atoms with Crippen molar-refractivity contribution in [2.75, 3.05) is 6.54 Å². The molecule has 0 radical (unpaired) electrons. The van der Waals surface area contributed by atoms with Gasteiger partial charge in [-0.15, -0.1) is 0 Å². The first kappa shape index (κ1) is 8.00. The molecule has 0 heterocycles. The van der Waals surface area contributed by atoms with Crippen LogP contribution >= 0.6 is 0 Å². The Kier molecular flexibility index (Phi) is 1.82. The molecule has 3 atom stereocenters. The number of aliphatic carboxylic acids is 1. The monoisotopic (exact) mass is 158 g/mol. The fourth-order valence-electron chi connectivity index (χ4n) is 1.39. The molecule has 1 saturated carbocycles. The van der Waals surface area contributed by atoms with Crippen molar-refractivity contribution in [3.63, 3.8) is 0 Å². The average molecular weight is 158 g/mol. The molecule has 0 aromatic rings. The maximum absolute atomic E-state index is 10.5. The van der Waals surface area contributed by atoms with E-state index < -0.39 is 23.7 Å². The van der Waals surface area contributed by atoms with Crippen molar-refractivity contribution in [1.82, 2.24) is 0 Å². The van der Waals surface area contributed by atoms with Gasteiger partial charge < -0.3 is 16.6 Å². The van der Waals surface area contributed by atoms with Gasteiger partial charge in [0, 0.05) is 0 Å². The maximum Gasteiger partial charge on any atom is 0.307 e. The summed E-state index contributed by atoms with van der Waals surface area (Å²) in [5.74, 6) is -2.97. The second-order valence-corrected chi connectivity index (χ2v) is 2.69. The Morgan fingerprint density at radius 3 is 2.00 bits per heavy atom. The number of amides is 1. The predicted octanol–water partition coefficient (Wildman–Crippen LogP) is -1.62. The summed E-state index contributed by atoms with van der Waals surface area (Å²) in [6.45, 7) is 0.213. The summed E-state index contributed by atoms with van der Waals surface area (Å²) in [6, 6.07) is 0. The lowest BCUT2D eigenvalue weighted by Gasteiger charge is -1.85. The van der Waals surface area contributed by atoms with Gasteiger partial charge in [-0.05, 0) is 12.5 Å². The van der Waals surface area contributed by atoms with E-state index in [1.54, 1.807) is 0 Å². The van der Waals surface area contributed by atoms with Gasteiger partial charge in [0.25, 0.3) is 0 Å². The van der Waals surface area contributed by atoms with Crippen molar-refractivity contribution in [3.8, 4) is 0 Å². The molecule has 1 amide bonds. The largest absolute Gasteiger partial charge is 0.481 e. The van der Waals surface area contributed by atoms with E-state index in [0.29, 0.717) is 0 Å². The number of carboxylic acid groups (broad SMARTS) is 1. The van der Waals surface area contributed by atoms with Crippen LogP contribution in [-0.2, 0) is 9.59 Å². The standard InChI is InChI=1S/C6H10N2O3/c7-1-2-3(5(8)9)4(2)6(10)11/h2-4H,1,7H2,(H2,8,9)(H,10,11)/t2-,3-,4+/m0/s1. The molecule has 0 aromatic carbocycles. The van der Waals surface area contributed by atoms with Gasteiger partial charge in [0.05, 0.1) is 11.8 Å². The van der Waals surface area contributed by atoms with Crippen molar-refractivity contribution in [2.24, 2.45) is 29.2 Å². The summed E-state index contributed by atoms with van der Waals surface area (Å²) in [4.78, 5) is 20.9. The molecule has 0 unspecified atom stereocenters. The minimum Gasteiger partial charge on any atom is -0.481 e. The third-order valence-electron chi connectivity index (χ3n) is 2.05. The summed E-state index contributed by atoms with van der Waals surface area (Å²) >= 11 is 0. The number of rotatable bonds is 3. The fraction of sp³-hybridized carbons (Fsp3) is 0.667. The summed E-state index contributed by atoms with van der Waals surface area (Å²) in [5, 5.41) is 8.51. The van der Waals surface area contributed by atoms with Crippen molar-refractivity contribution < 1.29 is 14.7 Å². The van der Waals surface area contributed by atoms with Gasteiger partial charge in [-0.25, -0.2) is 0 Å². The molecule has 0 saturated heterocycles. The second-order valence-electron chi connectivity index (χ2n) is 2.69. The normalized spacial score (nSPS) is 34.8. The number of carboxylic acids is 1. The van der Waals surface area contributed by atoms with Gasteiger partial charge in [-0.3, -0.25) is 9.59 Å². The Labute approximate surface area is 63.4 Å². The molecule has 1 rings (SSSR count). The van der Waals surface area contributed by atoms with Crippen LogP contribution in [0.3, 0.4) is 0 Å². The van der Waals surface area contributed by atoms with E-state index in [-0.39, 0.29) is 12.5 Å². The highest BCUT2D eigenvalue weighted by Crippen LogP contribution is 2.45. The van der Waals surface area contributed by atoms with Crippen LogP contribution in [-0.4, -0.2) is 23.5 Å². The first-order valence-corrected chi connectivity index (χ1v) is 3.31. The van der Waals surface area contributed by atoms with E-state index in [0.717, 1.165) is 0 Å². The van der Waals surface area contributed by atoms with Crippen LogP contribution in [0.15, 0.2) is 0 Å². The topological polar surface area (TPSA) is 106 Å². The highest BCUT2D eigenvalue weighted by Gasteiger charge is 2.57. The molecular weight excluding hydrogens is 148 g/mol. The Hall–Kier alpha value is -1.10. The molecule has 0 spiro atoms. The third kappa shape index (κ3) is 1.19. The highest BCUT2D eigenvalue weighted by atomic mass is 16.4. The molecule has 0 aliphatic heterocycles. The van der Waals surface area contributed by atoms with E-state index in [1.165, 1.54) is 0 Å². The Balaban J connectivity index is 2.59. The molecule has 1 aliphatic carbocycles. The molecule has 62 valence electrons. The zero-order chi connectivity index (χ0) is 8.59. The number of hydrogen-bond acceptors (Lipinski definition) is 3. The first-order valence-electron chi connectivity index (χ1n) is 3.31. The van der Waals surface area contributed by atoms with E-state index in [9.17, 15) is 9.59 Å². The Bertz CT molecular complexity index is 184. The average Bonchev–Trinajstić information content (AvgIpc) is 2.59. The summed E-state index contributed by atoms with van der Waals surface area (Å²) in [5.41, 5.74) is 10.2. The van der Waals surface area contributed by atoms with E-state index >= 15 is 0 Å². The van der Waals surface area contributed by atoms with Crippen LogP contribution in [0.1, 0.15) is 0 Å². The van der Waals surface area contributed by atoms with Crippen LogP contribution < -0.4 is 11.5 Å².